The smallest absolute Gasteiger partial charge is 0.254 e. The molecule has 7 heteroatoms. The zero-order valence-corrected chi connectivity index (χ0v) is 18.7. The summed E-state index contributed by atoms with van der Waals surface area (Å²) in [6.07, 6.45) is 2.77. The molecule has 1 aromatic carbocycles. The van der Waals surface area contributed by atoms with Crippen LogP contribution in [0.15, 0.2) is 29.1 Å². The highest BCUT2D eigenvalue weighted by Gasteiger charge is 2.28. The number of amides is 1. The molecule has 31 heavy (non-hydrogen) atoms. The molecule has 166 valence electrons. The second kappa shape index (κ2) is 9.22. The van der Waals surface area contributed by atoms with Gasteiger partial charge in [0.25, 0.3) is 5.56 Å². The minimum atomic E-state index is 0.0138. The Labute approximate surface area is 183 Å². The maximum absolute atomic E-state index is 12.8. The van der Waals surface area contributed by atoms with Gasteiger partial charge < -0.3 is 14.6 Å². The van der Waals surface area contributed by atoms with Crippen LogP contribution in [0.5, 0.6) is 5.75 Å². The number of ether oxygens (including phenoxy) is 1. The summed E-state index contributed by atoms with van der Waals surface area (Å²) in [6, 6.07) is 8.09. The fourth-order valence-corrected chi connectivity index (χ4v) is 4.58. The Kier molecular flexibility index (Phi) is 6.41. The van der Waals surface area contributed by atoms with Crippen LogP contribution in [0.1, 0.15) is 55.3 Å². The highest BCUT2D eigenvalue weighted by atomic mass is 16.5. The monoisotopic (exact) mass is 424 g/mol. The fraction of sp³-hybridized carbons (Fsp3) is 0.542. The van der Waals surface area contributed by atoms with Gasteiger partial charge in [0.1, 0.15) is 11.6 Å². The van der Waals surface area contributed by atoms with E-state index in [4.69, 9.17) is 9.72 Å². The number of likely N-dealkylation sites (tertiary alicyclic amines) is 1. The molecule has 0 bridgehead atoms. The predicted molar refractivity (Wildman–Crippen MR) is 119 cm³/mol. The van der Waals surface area contributed by atoms with Crippen molar-refractivity contribution in [1.82, 2.24) is 19.8 Å². The Balaban J connectivity index is 1.39. The highest BCUT2D eigenvalue weighted by Crippen LogP contribution is 2.27. The molecule has 1 fully saturated rings. The number of methoxy groups -OCH3 is 1. The molecule has 4 rings (SSSR count). The van der Waals surface area contributed by atoms with Gasteiger partial charge in [-0.15, -0.1) is 0 Å². The number of aromatic amines is 1. The molecule has 7 nitrogen and oxygen atoms in total. The molecule has 0 unspecified atom stereocenters. The summed E-state index contributed by atoms with van der Waals surface area (Å²) in [6.45, 7) is 7.37. The predicted octanol–water partition coefficient (Wildman–Crippen LogP) is 2.49. The van der Waals surface area contributed by atoms with Crippen LogP contribution in [0.25, 0.3) is 0 Å². The van der Waals surface area contributed by atoms with E-state index >= 15 is 0 Å². The number of nitrogens with one attached hydrogen (secondary N) is 1. The van der Waals surface area contributed by atoms with E-state index in [0.717, 1.165) is 60.7 Å². The van der Waals surface area contributed by atoms with Crippen LogP contribution in [0.4, 0.5) is 0 Å². The van der Waals surface area contributed by atoms with Crippen molar-refractivity contribution >= 4 is 5.91 Å². The van der Waals surface area contributed by atoms with E-state index in [1.165, 1.54) is 0 Å². The average Bonchev–Trinajstić information content (AvgIpc) is 2.78. The number of H-pyrrole nitrogens is 1. The van der Waals surface area contributed by atoms with Crippen LogP contribution in [0.2, 0.25) is 0 Å². The standard InChI is InChI=1S/C24H32N4O3/c1-16(2)28-12-9-20-21(15-28)25-23(26-24(20)30)18-7-10-27(11-8-18)22(29)14-17-5-4-6-19(13-17)31-3/h4-6,13,16,18H,7-12,14-15H2,1-3H3,(H,25,26,30). The third kappa shape index (κ3) is 4.82. The second-order valence-electron chi connectivity index (χ2n) is 8.87. The Morgan fingerprint density at radius 2 is 2.03 bits per heavy atom. The Bertz CT molecular complexity index is 993. The van der Waals surface area contributed by atoms with Crippen LogP contribution in [-0.2, 0) is 24.2 Å². The number of hydrogen-bond donors (Lipinski definition) is 1. The van der Waals surface area contributed by atoms with Crippen LogP contribution in [-0.4, -0.2) is 58.5 Å². The third-order valence-corrected chi connectivity index (χ3v) is 6.58. The van der Waals surface area contributed by atoms with Gasteiger partial charge in [0, 0.05) is 43.7 Å². The first-order chi connectivity index (χ1) is 14.9. The molecule has 1 aromatic heterocycles. The number of benzene rings is 1. The number of fused-ring (bicyclic) bond motifs is 1. The van der Waals surface area contributed by atoms with E-state index in [0.29, 0.717) is 25.6 Å². The molecule has 0 radical (unpaired) electrons. The van der Waals surface area contributed by atoms with Gasteiger partial charge in [-0.25, -0.2) is 4.98 Å². The number of hydrogen-bond acceptors (Lipinski definition) is 5. The molecule has 0 saturated carbocycles. The molecule has 2 aliphatic rings. The van der Waals surface area contributed by atoms with Gasteiger partial charge in [0.15, 0.2) is 0 Å². The summed E-state index contributed by atoms with van der Waals surface area (Å²) in [5.41, 5.74) is 2.74. The largest absolute Gasteiger partial charge is 0.497 e. The van der Waals surface area contributed by atoms with Crippen LogP contribution in [0.3, 0.4) is 0 Å². The maximum atomic E-state index is 12.8. The second-order valence-corrected chi connectivity index (χ2v) is 8.87. The molecule has 0 atom stereocenters. The van der Waals surface area contributed by atoms with Crippen molar-refractivity contribution in [3.8, 4) is 5.75 Å². The van der Waals surface area contributed by atoms with Gasteiger partial charge in [-0.05, 0) is 50.8 Å². The van der Waals surface area contributed by atoms with E-state index < -0.39 is 0 Å². The van der Waals surface area contributed by atoms with Crippen molar-refractivity contribution in [3.05, 3.63) is 57.3 Å². The third-order valence-electron chi connectivity index (χ3n) is 6.58. The molecular formula is C24H32N4O3. The highest BCUT2D eigenvalue weighted by molar-refractivity contribution is 5.79. The summed E-state index contributed by atoms with van der Waals surface area (Å²) < 4.78 is 5.25. The molecular weight excluding hydrogens is 392 g/mol. The topological polar surface area (TPSA) is 78.5 Å². The molecule has 0 spiro atoms. The van der Waals surface area contributed by atoms with Gasteiger partial charge in [-0.2, -0.15) is 0 Å². The zero-order chi connectivity index (χ0) is 22.0. The zero-order valence-electron chi connectivity index (χ0n) is 18.7. The number of carbonyl (C=O) groups is 1. The molecule has 0 aliphatic carbocycles. The van der Waals surface area contributed by atoms with Crippen molar-refractivity contribution in [2.45, 2.75) is 58.0 Å². The van der Waals surface area contributed by atoms with Crippen molar-refractivity contribution in [2.75, 3.05) is 26.7 Å². The summed E-state index contributed by atoms with van der Waals surface area (Å²) in [7, 11) is 1.63. The van der Waals surface area contributed by atoms with Gasteiger partial charge in [0.05, 0.1) is 19.2 Å². The molecule has 3 heterocycles. The van der Waals surface area contributed by atoms with Gasteiger partial charge in [-0.1, -0.05) is 12.1 Å². The minimum Gasteiger partial charge on any atom is -0.497 e. The van der Waals surface area contributed by atoms with Gasteiger partial charge >= 0.3 is 0 Å². The number of piperidine rings is 1. The van der Waals surface area contributed by atoms with Gasteiger partial charge in [-0.3, -0.25) is 14.5 Å². The summed E-state index contributed by atoms with van der Waals surface area (Å²) >= 11 is 0. The molecule has 1 saturated heterocycles. The Hall–Kier alpha value is -2.67. The van der Waals surface area contributed by atoms with Crippen molar-refractivity contribution in [2.24, 2.45) is 0 Å². The average molecular weight is 425 g/mol. The lowest BCUT2D eigenvalue weighted by Crippen LogP contribution is -2.41. The minimum absolute atomic E-state index is 0.0138. The van der Waals surface area contributed by atoms with Crippen LogP contribution < -0.4 is 10.3 Å². The van der Waals surface area contributed by atoms with Crippen molar-refractivity contribution in [3.63, 3.8) is 0 Å². The maximum Gasteiger partial charge on any atom is 0.254 e. The van der Waals surface area contributed by atoms with Crippen LogP contribution in [0, 0.1) is 0 Å². The SMILES string of the molecule is COc1cccc(CC(=O)N2CCC(c3nc4c(c(=O)[nH]3)CCN(C(C)C)C4)CC2)c1. The Morgan fingerprint density at radius 1 is 1.26 bits per heavy atom. The molecule has 2 aromatic rings. The molecule has 1 amide bonds. The number of nitrogens with zero attached hydrogens (tertiary/aromatic N) is 3. The number of carbonyl (C=O) groups excluding carboxylic acids is 1. The normalized spacial score (nSPS) is 17.6. The number of rotatable bonds is 5. The van der Waals surface area contributed by atoms with Crippen molar-refractivity contribution in [1.29, 1.82) is 0 Å². The summed E-state index contributed by atoms with van der Waals surface area (Å²) in [5, 5.41) is 0. The summed E-state index contributed by atoms with van der Waals surface area (Å²) in [5.74, 6) is 1.87. The first-order valence-corrected chi connectivity index (χ1v) is 11.2. The van der Waals surface area contributed by atoms with E-state index in [9.17, 15) is 9.59 Å². The van der Waals surface area contributed by atoms with E-state index in [1.807, 2.05) is 29.2 Å². The molecule has 1 N–H and O–H groups in total. The van der Waals surface area contributed by atoms with E-state index in [2.05, 4.69) is 23.7 Å². The van der Waals surface area contributed by atoms with E-state index in [1.54, 1.807) is 7.11 Å². The number of aromatic nitrogens is 2. The van der Waals surface area contributed by atoms with Crippen LogP contribution >= 0.6 is 0 Å². The first kappa shape index (κ1) is 21.6. The summed E-state index contributed by atoms with van der Waals surface area (Å²) in [4.78, 5) is 37.6. The van der Waals surface area contributed by atoms with E-state index in [-0.39, 0.29) is 17.4 Å². The lowest BCUT2D eigenvalue weighted by molar-refractivity contribution is -0.131. The molecule has 2 aliphatic heterocycles. The first-order valence-electron chi connectivity index (χ1n) is 11.2. The quantitative estimate of drug-likeness (QED) is 0.798. The van der Waals surface area contributed by atoms with Gasteiger partial charge in [0.2, 0.25) is 5.91 Å². The lowest BCUT2D eigenvalue weighted by Gasteiger charge is -2.33. The lowest BCUT2D eigenvalue weighted by atomic mass is 9.94. The fourth-order valence-electron chi connectivity index (χ4n) is 4.58. The van der Waals surface area contributed by atoms with Crippen molar-refractivity contribution < 1.29 is 9.53 Å². The Morgan fingerprint density at radius 3 is 2.74 bits per heavy atom.